The molecule has 0 bridgehead atoms. The Kier molecular flexibility index (Phi) is 5.22. The van der Waals surface area contributed by atoms with Gasteiger partial charge in [0.15, 0.2) is 6.10 Å². The molecule has 1 aromatic carbocycles. The number of hydrogen-bond donors (Lipinski definition) is 1. The van der Waals surface area contributed by atoms with Gasteiger partial charge in [-0.1, -0.05) is 23.7 Å². The molecule has 0 fully saturated rings. The average Bonchev–Trinajstić information content (AvgIpc) is 3.09. The summed E-state index contributed by atoms with van der Waals surface area (Å²) in [5.41, 5.74) is 1.29. The van der Waals surface area contributed by atoms with E-state index in [-0.39, 0.29) is 6.42 Å². The molecule has 138 valence electrons. The number of carbonyl (C=O) groups excluding carboxylic acids is 1. The van der Waals surface area contributed by atoms with E-state index in [1.54, 1.807) is 29.6 Å². The normalized spacial score (nSPS) is 16.7. The van der Waals surface area contributed by atoms with E-state index in [2.05, 4.69) is 4.37 Å². The van der Waals surface area contributed by atoms with Gasteiger partial charge in [-0.3, -0.25) is 9.80 Å². The molecule has 0 unspecified atom stereocenters. The third-order valence-corrected chi connectivity index (χ3v) is 4.58. The molecule has 1 atom stereocenters. The fourth-order valence-electron chi connectivity index (χ4n) is 2.54. The van der Waals surface area contributed by atoms with Crippen LogP contribution in [-0.4, -0.2) is 39.2 Å². The molecule has 1 aromatic heterocycles. The van der Waals surface area contributed by atoms with Crippen LogP contribution in [0.3, 0.4) is 0 Å². The first-order valence-corrected chi connectivity index (χ1v) is 8.69. The molecule has 2 heterocycles. The highest BCUT2D eigenvalue weighted by molar-refractivity contribution is 7.04. The molecule has 1 N–H and O–H groups in total. The van der Waals surface area contributed by atoms with Gasteiger partial charge in [0.2, 0.25) is 5.91 Å². The van der Waals surface area contributed by atoms with E-state index >= 15 is 0 Å². The monoisotopic (exact) mass is 403 g/mol. The van der Waals surface area contributed by atoms with Crippen LogP contribution in [0.1, 0.15) is 12.0 Å². The van der Waals surface area contributed by atoms with Crippen LogP contribution >= 0.6 is 23.1 Å². The zero-order valence-electron chi connectivity index (χ0n) is 13.2. The minimum atomic E-state index is -4.82. The quantitative estimate of drug-likeness (QED) is 0.845. The molecule has 2 aromatic rings. The number of anilines is 1. The van der Waals surface area contributed by atoms with Crippen LogP contribution < -0.4 is 5.01 Å². The number of nitrogens with zero attached hydrogens (tertiary/aromatic N) is 3. The summed E-state index contributed by atoms with van der Waals surface area (Å²) in [5, 5.41) is 13.8. The number of aliphatic hydroxyl groups excluding tert-OH is 1. The van der Waals surface area contributed by atoms with Crippen LogP contribution in [0, 0.1) is 0 Å². The van der Waals surface area contributed by atoms with Crippen LogP contribution in [0.15, 0.2) is 41.9 Å². The molecule has 0 saturated heterocycles. The average molecular weight is 404 g/mol. The Bertz CT molecular complexity index is 809. The number of carbonyl (C=O) groups is 1. The maximum absolute atomic E-state index is 12.9. The van der Waals surface area contributed by atoms with Crippen molar-refractivity contribution in [2.45, 2.75) is 18.7 Å². The molecule has 3 rings (SSSR count). The lowest BCUT2D eigenvalue weighted by atomic mass is 10.1. The van der Waals surface area contributed by atoms with E-state index in [4.69, 9.17) is 11.6 Å². The summed E-state index contributed by atoms with van der Waals surface area (Å²) in [6.45, 7) is -0.834. The Balaban J connectivity index is 2.03. The van der Waals surface area contributed by atoms with E-state index in [1.807, 2.05) is 0 Å². The number of rotatable bonds is 4. The van der Waals surface area contributed by atoms with E-state index in [0.29, 0.717) is 22.0 Å². The van der Waals surface area contributed by atoms with Gasteiger partial charge in [-0.25, -0.2) is 5.01 Å². The highest BCUT2D eigenvalue weighted by Crippen LogP contribution is 2.33. The summed E-state index contributed by atoms with van der Waals surface area (Å²) >= 11 is 6.94. The topological polar surface area (TPSA) is 56.7 Å². The van der Waals surface area contributed by atoms with Gasteiger partial charge in [0.25, 0.3) is 0 Å². The maximum atomic E-state index is 12.9. The molecule has 10 heteroatoms. The zero-order valence-corrected chi connectivity index (χ0v) is 14.7. The fraction of sp³-hybridized carbons (Fsp3) is 0.250. The van der Waals surface area contributed by atoms with Gasteiger partial charge in [0, 0.05) is 16.8 Å². The van der Waals surface area contributed by atoms with Crippen LogP contribution in [-0.2, 0) is 4.79 Å². The van der Waals surface area contributed by atoms with E-state index < -0.39 is 24.7 Å². The van der Waals surface area contributed by atoms with Crippen molar-refractivity contribution in [2.24, 2.45) is 0 Å². The molecular weight excluding hydrogens is 391 g/mol. The van der Waals surface area contributed by atoms with Crippen LogP contribution in [0.4, 0.5) is 18.9 Å². The molecule has 1 aliphatic rings. The Morgan fingerprint density at radius 1 is 1.31 bits per heavy atom. The first kappa shape index (κ1) is 18.7. The van der Waals surface area contributed by atoms with Crippen molar-refractivity contribution in [3.05, 3.63) is 52.5 Å². The van der Waals surface area contributed by atoms with E-state index in [9.17, 15) is 23.1 Å². The minimum Gasteiger partial charge on any atom is -0.382 e. The second kappa shape index (κ2) is 7.26. The van der Waals surface area contributed by atoms with Gasteiger partial charge in [-0.15, -0.1) is 0 Å². The van der Waals surface area contributed by atoms with Gasteiger partial charge in [-0.2, -0.15) is 17.5 Å². The molecule has 1 amide bonds. The number of benzene rings is 1. The van der Waals surface area contributed by atoms with E-state index in [1.165, 1.54) is 12.3 Å². The molecule has 0 radical (unpaired) electrons. The first-order chi connectivity index (χ1) is 12.3. The molecule has 0 aliphatic carbocycles. The Morgan fingerprint density at radius 2 is 2.00 bits per heavy atom. The van der Waals surface area contributed by atoms with Crippen molar-refractivity contribution >= 4 is 40.4 Å². The highest BCUT2D eigenvalue weighted by Gasteiger charge is 2.42. The minimum absolute atomic E-state index is 0.00637. The molecule has 1 aliphatic heterocycles. The fourth-order valence-corrected chi connectivity index (χ4v) is 3.16. The van der Waals surface area contributed by atoms with Crippen LogP contribution in [0.2, 0.25) is 5.02 Å². The number of aromatic nitrogens is 1. The van der Waals surface area contributed by atoms with Crippen molar-refractivity contribution in [3.8, 4) is 0 Å². The summed E-state index contributed by atoms with van der Waals surface area (Å²) in [7, 11) is 0. The number of aliphatic hydroxyl groups is 1. The van der Waals surface area contributed by atoms with Crippen molar-refractivity contribution in [2.75, 3.05) is 11.6 Å². The number of alkyl halides is 3. The highest BCUT2D eigenvalue weighted by atomic mass is 35.5. The number of hydrogen-bond acceptors (Lipinski definition) is 5. The summed E-state index contributed by atoms with van der Waals surface area (Å²) in [4.78, 5) is 12.4. The maximum Gasteiger partial charge on any atom is 0.416 e. The lowest BCUT2D eigenvalue weighted by Gasteiger charge is -2.41. The third-order valence-electron chi connectivity index (χ3n) is 3.75. The third kappa shape index (κ3) is 3.84. The molecule has 0 spiro atoms. The Labute approximate surface area is 156 Å². The van der Waals surface area contributed by atoms with Crippen LogP contribution in [0.5, 0.6) is 0 Å². The molecule has 5 nitrogen and oxygen atoms in total. The van der Waals surface area contributed by atoms with Gasteiger partial charge < -0.3 is 5.11 Å². The lowest BCUT2D eigenvalue weighted by molar-refractivity contribution is -0.206. The predicted octanol–water partition coefficient (Wildman–Crippen LogP) is 3.71. The standard InChI is InChI=1S/C16H13ClF3N3O2S/c17-11-3-1-10(2-4-11)13-5-6-15(25)23(12-7-21-26-9-12)22(13)8-14(24)16(18,19)20/h1-5,7,9,14,24H,6,8H2/t14-/m0/s1. The van der Waals surface area contributed by atoms with Gasteiger partial charge in [0.1, 0.15) is 0 Å². The van der Waals surface area contributed by atoms with Gasteiger partial charge >= 0.3 is 6.18 Å². The van der Waals surface area contributed by atoms with Gasteiger partial charge in [0.05, 0.1) is 24.1 Å². The SMILES string of the molecule is O=C1CC=C(c2ccc(Cl)cc2)N(C[C@H](O)C(F)(F)F)N1c1cnsc1. The Hall–Kier alpha value is -2.10. The smallest absolute Gasteiger partial charge is 0.382 e. The second-order valence-corrected chi connectivity index (χ2v) is 6.62. The number of halogens is 4. The predicted molar refractivity (Wildman–Crippen MR) is 92.4 cm³/mol. The summed E-state index contributed by atoms with van der Waals surface area (Å²) in [6.07, 6.45) is -4.51. The van der Waals surface area contributed by atoms with E-state index in [0.717, 1.165) is 21.6 Å². The number of amides is 1. The van der Waals surface area contributed by atoms with Gasteiger partial charge in [-0.05, 0) is 35.3 Å². The van der Waals surface area contributed by atoms with Crippen LogP contribution in [0.25, 0.3) is 5.70 Å². The summed E-state index contributed by atoms with van der Waals surface area (Å²) in [5.74, 6) is -0.419. The number of hydrazine groups is 1. The molecular formula is C16H13ClF3N3O2S. The largest absolute Gasteiger partial charge is 0.416 e. The molecule has 26 heavy (non-hydrogen) atoms. The van der Waals surface area contributed by atoms with Crippen molar-refractivity contribution in [1.29, 1.82) is 0 Å². The first-order valence-electron chi connectivity index (χ1n) is 7.48. The molecule has 0 saturated carbocycles. The zero-order chi connectivity index (χ0) is 18.9. The summed E-state index contributed by atoms with van der Waals surface area (Å²) < 4.78 is 42.7. The van der Waals surface area contributed by atoms with Crippen molar-refractivity contribution in [1.82, 2.24) is 9.38 Å². The number of β-amino-alcohol motifs (C(OH)–C–C–N with tert-alkyl or cyclic N) is 1. The summed E-state index contributed by atoms with van der Waals surface area (Å²) in [6, 6.07) is 6.48. The van der Waals surface area contributed by atoms with Crippen molar-refractivity contribution in [3.63, 3.8) is 0 Å². The lowest BCUT2D eigenvalue weighted by Crippen LogP contribution is -2.52. The Morgan fingerprint density at radius 3 is 2.58 bits per heavy atom. The second-order valence-electron chi connectivity index (χ2n) is 5.53. The van der Waals surface area contributed by atoms with Crippen molar-refractivity contribution < 1.29 is 23.1 Å².